The van der Waals surface area contributed by atoms with E-state index in [0.29, 0.717) is 6.42 Å². The van der Waals surface area contributed by atoms with Gasteiger partial charge in [-0.05, 0) is 73.2 Å². The fourth-order valence-corrected chi connectivity index (χ4v) is 4.94. The van der Waals surface area contributed by atoms with Gasteiger partial charge in [-0.2, -0.15) is 0 Å². The molecule has 0 saturated carbocycles. The average molecular weight is 458 g/mol. The van der Waals surface area contributed by atoms with Crippen molar-refractivity contribution in [3.63, 3.8) is 0 Å². The van der Waals surface area contributed by atoms with Crippen LogP contribution in [0.3, 0.4) is 0 Å². The van der Waals surface area contributed by atoms with Gasteiger partial charge in [0.05, 0.1) is 5.69 Å². The van der Waals surface area contributed by atoms with Crippen LogP contribution in [0.4, 0.5) is 5.69 Å². The number of likely N-dealkylation sites (tertiary alicyclic amines) is 1. The summed E-state index contributed by atoms with van der Waals surface area (Å²) in [5.74, 6) is 6.62. The second kappa shape index (κ2) is 11.5. The Labute approximate surface area is 205 Å². The number of hydrogen-bond acceptors (Lipinski definition) is 5. The lowest BCUT2D eigenvalue weighted by Gasteiger charge is -2.27. The van der Waals surface area contributed by atoms with Gasteiger partial charge in [-0.25, -0.2) is 10.8 Å². The second-order valence-electron chi connectivity index (χ2n) is 9.44. The summed E-state index contributed by atoms with van der Waals surface area (Å²) in [6.45, 7) is 14.4. The summed E-state index contributed by atoms with van der Waals surface area (Å²) in [5.41, 5.74) is 10.8. The molecule has 0 spiro atoms. The minimum Gasteiger partial charge on any atom is -0.372 e. The third-order valence-corrected chi connectivity index (χ3v) is 6.77. The number of benzene rings is 2. The maximum absolute atomic E-state index is 5.86. The fraction of sp³-hybridized carbons (Fsp3) is 0.414. The molecular formula is C29H39N5. The number of nitrogens with two attached hydrogens (primary N) is 1. The van der Waals surface area contributed by atoms with Gasteiger partial charge >= 0.3 is 0 Å². The van der Waals surface area contributed by atoms with Crippen molar-refractivity contribution in [1.29, 1.82) is 0 Å². The van der Waals surface area contributed by atoms with Crippen LogP contribution in [0, 0.1) is 0 Å². The SMILES string of the molecule is C=C(C1=Cc2ccc(-c3ccc(CN4CCCC4)cc3)cc2N=C(NN)C1)N(CCC)CCC. The third-order valence-electron chi connectivity index (χ3n) is 6.77. The molecule has 2 aliphatic heterocycles. The Morgan fingerprint density at radius 2 is 1.71 bits per heavy atom. The van der Waals surface area contributed by atoms with Gasteiger partial charge in [0.25, 0.3) is 0 Å². The molecule has 0 bridgehead atoms. The molecule has 0 aromatic heterocycles. The number of allylic oxidation sites excluding steroid dienone is 1. The molecule has 4 rings (SSSR count). The molecule has 1 fully saturated rings. The molecule has 5 nitrogen and oxygen atoms in total. The Balaban J connectivity index is 1.59. The first-order valence-electron chi connectivity index (χ1n) is 12.8. The summed E-state index contributed by atoms with van der Waals surface area (Å²) >= 11 is 0. The van der Waals surface area contributed by atoms with Gasteiger partial charge in [0, 0.05) is 37.3 Å². The van der Waals surface area contributed by atoms with E-state index in [9.17, 15) is 0 Å². The maximum Gasteiger partial charge on any atom is 0.121 e. The van der Waals surface area contributed by atoms with E-state index in [0.717, 1.165) is 60.8 Å². The number of hydrazine groups is 1. The molecule has 3 N–H and O–H groups in total. The van der Waals surface area contributed by atoms with Gasteiger partial charge in [-0.1, -0.05) is 56.8 Å². The third kappa shape index (κ3) is 5.78. The molecule has 2 heterocycles. The van der Waals surface area contributed by atoms with Gasteiger partial charge in [0.2, 0.25) is 0 Å². The minimum atomic E-state index is 0.647. The summed E-state index contributed by atoms with van der Waals surface area (Å²) in [6, 6.07) is 15.5. The number of fused-ring (bicyclic) bond motifs is 1. The Bertz CT molecular complexity index is 1040. The first-order chi connectivity index (χ1) is 16.6. The highest BCUT2D eigenvalue weighted by Gasteiger charge is 2.18. The Morgan fingerprint density at radius 1 is 1.03 bits per heavy atom. The average Bonchev–Trinajstić information content (AvgIpc) is 3.29. The molecule has 0 atom stereocenters. The summed E-state index contributed by atoms with van der Waals surface area (Å²) < 4.78 is 0. The molecule has 5 heteroatoms. The van der Waals surface area contributed by atoms with Crippen LogP contribution in [0.25, 0.3) is 17.2 Å². The van der Waals surface area contributed by atoms with E-state index in [4.69, 9.17) is 10.8 Å². The molecule has 0 unspecified atom stereocenters. The van der Waals surface area contributed by atoms with Crippen LogP contribution in [0.5, 0.6) is 0 Å². The van der Waals surface area contributed by atoms with E-state index in [-0.39, 0.29) is 0 Å². The van der Waals surface area contributed by atoms with Crippen molar-refractivity contribution in [2.45, 2.75) is 52.5 Å². The van der Waals surface area contributed by atoms with Gasteiger partial charge < -0.3 is 10.3 Å². The van der Waals surface area contributed by atoms with E-state index >= 15 is 0 Å². The van der Waals surface area contributed by atoms with E-state index in [1.54, 1.807) is 0 Å². The standard InChI is InChI=1S/C29H39N5/c1-4-14-34(15-5-2)22(3)27-18-26-13-12-25(19-28(26)31-29(20-27)32-30)24-10-8-23(9-11-24)21-33-16-6-7-17-33/h8-13,18-19H,3-7,14-17,20-21,30H2,1-2H3,(H,31,32). The van der Waals surface area contributed by atoms with Crippen molar-refractivity contribution in [2.75, 3.05) is 26.2 Å². The lowest BCUT2D eigenvalue weighted by Crippen LogP contribution is -2.32. The zero-order valence-corrected chi connectivity index (χ0v) is 20.8. The molecule has 2 aromatic rings. The highest BCUT2D eigenvalue weighted by Crippen LogP contribution is 2.34. The predicted molar refractivity (Wildman–Crippen MR) is 145 cm³/mol. The van der Waals surface area contributed by atoms with Crippen molar-refractivity contribution < 1.29 is 0 Å². The minimum absolute atomic E-state index is 0.647. The lowest BCUT2D eigenvalue weighted by molar-refractivity contribution is 0.331. The maximum atomic E-state index is 5.86. The number of hydrogen-bond donors (Lipinski definition) is 2. The van der Waals surface area contributed by atoms with Crippen molar-refractivity contribution in [3.05, 3.63) is 71.4 Å². The molecule has 0 amide bonds. The van der Waals surface area contributed by atoms with Crippen LogP contribution >= 0.6 is 0 Å². The van der Waals surface area contributed by atoms with Crippen molar-refractivity contribution in [2.24, 2.45) is 10.8 Å². The van der Waals surface area contributed by atoms with Gasteiger partial charge in [-0.3, -0.25) is 4.90 Å². The number of nitrogens with one attached hydrogen (secondary N) is 1. The number of nitrogens with zero attached hydrogens (tertiary/aromatic N) is 3. The predicted octanol–water partition coefficient (Wildman–Crippen LogP) is 5.87. The largest absolute Gasteiger partial charge is 0.372 e. The zero-order chi connectivity index (χ0) is 23.9. The van der Waals surface area contributed by atoms with Crippen LogP contribution in [0.2, 0.25) is 0 Å². The molecule has 0 aliphatic carbocycles. The van der Waals surface area contributed by atoms with Crippen molar-refractivity contribution in [1.82, 2.24) is 15.2 Å². The van der Waals surface area contributed by atoms with Crippen LogP contribution < -0.4 is 11.3 Å². The summed E-state index contributed by atoms with van der Waals surface area (Å²) in [5, 5.41) is 0. The van der Waals surface area contributed by atoms with Gasteiger partial charge in [-0.15, -0.1) is 0 Å². The van der Waals surface area contributed by atoms with Gasteiger partial charge in [0.15, 0.2) is 0 Å². The fourth-order valence-electron chi connectivity index (χ4n) is 4.94. The first kappa shape index (κ1) is 24.2. The molecule has 1 saturated heterocycles. The molecule has 0 radical (unpaired) electrons. The van der Waals surface area contributed by atoms with Crippen LogP contribution in [0.15, 0.2) is 65.3 Å². The second-order valence-corrected chi connectivity index (χ2v) is 9.44. The summed E-state index contributed by atoms with van der Waals surface area (Å²) in [7, 11) is 0. The zero-order valence-electron chi connectivity index (χ0n) is 20.8. The number of rotatable bonds is 9. The van der Waals surface area contributed by atoms with Crippen molar-refractivity contribution >= 4 is 17.6 Å². The lowest BCUT2D eigenvalue weighted by atomic mass is 9.99. The Morgan fingerprint density at radius 3 is 2.35 bits per heavy atom. The molecule has 2 aromatic carbocycles. The topological polar surface area (TPSA) is 56.9 Å². The van der Waals surface area contributed by atoms with Crippen LogP contribution in [-0.4, -0.2) is 41.8 Å². The molecule has 34 heavy (non-hydrogen) atoms. The highest BCUT2D eigenvalue weighted by atomic mass is 15.3. The number of amidine groups is 1. The van der Waals surface area contributed by atoms with Gasteiger partial charge in [0.1, 0.15) is 5.84 Å². The highest BCUT2D eigenvalue weighted by molar-refractivity contribution is 5.92. The van der Waals surface area contributed by atoms with E-state index in [2.05, 4.69) is 84.2 Å². The summed E-state index contributed by atoms with van der Waals surface area (Å²) in [4.78, 5) is 9.79. The molecule has 2 aliphatic rings. The van der Waals surface area contributed by atoms with E-state index < -0.39 is 0 Å². The van der Waals surface area contributed by atoms with E-state index in [1.165, 1.54) is 42.6 Å². The molecular weight excluding hydrogens is 418 g/mol. The van der Waals surface area contributed by atoms with Crippen LogP contribution in [-0.2, 0) is 6.54 Å². The first-order valence-corrected chi connectivity index (χ1v) is 12.8. The smallest absolute Gasteiger partial charge is 0.121 e. The van der Waals surface area contributed by atoms with Crippen molar-refractivity contribution in [3.8, 4) is 11.1 Å². The molecule has 180 valence electrons. The van der Waals surface area contributed by atoms with E-state index in [1.807, 2.05) is 0 Å². The Hall–Kier alpha value is -2.89. The normalized spacial score (nSPS) is 15.9. The quantitative estimate of drug-likeness (QED) is 0.365. The van der Waals surface area contributed by atoms with Crippen LogP contribution in [0.1, 0.15) is 57.1 Å². The summed E-state index contributed by atoms with van der Waals surface area (Å²) in [6.07, 6.45) is 7.72. The Kier molecular flexibility index (Phi) is 8.20. The monoisotopic (exact) mass is 457 g/mol. The number of aliphatic imine (C=N–C) groups is 1.